The van der Waals surface area contributed by atoms with Gasteiger partial charge in [-0.2, -0.15) is 16.9 Å². The smallest absolute Gasteiger partial charge is 0.267 e. The number of aryl methyl sites for hydroxylation is 1. The van der Waals surface area contributed by atoms with E-state index in [1.807, 2.05) is 24.0 Å². The van der Waals surface area contributed by atoms with E-state index in [0.717, 1.165) is 40.8 Å². The van der Waals surface area contributed by atoms with Crippen LogP contribution in [0.3, 0.4) is 0 Å². The Hall–Kier alpha value is -1.93. The molecule has 2 unspecified atom stereocenters. The third kappa shape index (κ3) is 3.36. The van der Waals surface area contributed by atoms with Gasteiger partial charge in [0, 0.05) is 30.4 Å². The molecule has 1 aliphatic carbocycles. The fraction of sp³-hybridized carbons (Fsp3) is 0.579. The van der Waals surface area contributed by atoms with Gasteiger partial charge in [-0.05, 0) is 30.2 Å². The molecular weight excluding hydrogens is 362 g/mol. The minimum absolute atomic E-state index is 0.0321. The van der Waals surface area contributed by atoms with E-state index in [2.05, 4.69) is 10.3 Å². The second-order valence-corrected chi connectivity index (χ2v) is 8.59. The molecule has 0 spiro atoms. The summed E-state index contributed by atoms with van der Waals surface area (Å²) >= 11 is 1.86. The van der Waals surface area contributed by atoms with Crippen LogP contribution in [-0.2, 0) is 16.9 Å². The van der Waals surface area contributed by atoms with Gasteiger partial charge in [0.15, 0.2) is 0 Å². The van der Waals surface area contributed by atoms with Crippen LogP contribution < -0.4 is 10.9 Å². The number of nitrogens with zero attached hydrogens (tertiary/aromatic N) is 4. The van der Waals surface area contributed by atoms with E-state index in [1.54, 1.807) is 10.7 Å². The third-order valence-electron chi connectivity index (χ3n) is 5.71. The molecule has 3 aliphatic rings. The van der Waals surface area contributed by atoms with Crippen molar-refractivity contribution in [3.63, 3.8) is 0 Å². The molecule has 27 heavy (non-hydrogen) atoms. The van der Waals surface area contributed by atoms with Gasteiger partial charge >= 0.3 is 0 Å². The highest BCUT2D eigenvalue weighted by Gasteiger charge is 2.32. The predicted octanol–water partition coefficient (Wildman–Crippen LogP) is 2.14. The summed E-state index contributed by atoms with van der Waals surface area (Å²) < 4.78 is 7.31. The van der Waals surface area contributed by atoms with E-state index in [0.29, 0.717) is 19.1 Å². The molecule has 7 nitrogen and oxygen atoms in total. The fourth-order valence-electron chi connectivity index (χ4n) is 3.90. The second-order valence-electron chi connectivity index (χ2n) is 7.49. The number of rotatable bonds is 4. The summed E-state index contributed by atoms with van der Waals surface area (Å²) in [6.45, 7) is 1.02. The highest BCUT2D eigenvalue weighted by molar-refractivity contribution is 7.98. The zero-order chi connectivity index (χ0) is 18.2. The van der Waals surface area contributed by atoms with Crippen LogP contribution in [0.1, 0.15) is 48.3 Å². The van der Waals surface area contributed by atoms with Crippen LogP contribution in [0.2, 0.25) is 0 Å². The van der Waals surface area contributed by atoms with Crippen LogP contribution in [0, 0.1) is 0 Å². The summed E-state index contributed by atoms with van der Waals surface area (Å²) in [5.41, 5.74) is 2.08. The molecule has 1 saturated heterocycles. The number of hydrogen-bond donors (Lipinski definition) is 1. The van der Waals surface area contributed by atoms with Crippen LogP contribution >= 0.6 is 11.8 Å². The summed E-state index contributed by atoms with van der Waals surface area (Å²) in [4.78, 5) is 21.8. The van der Waals surface area contributed by atoms with Gasteiger partial charge in [0.05, 0.1) is 24.9 Å². The van der Waals surface area contributed by atoms with Crippen molar-refractivity contribution in [3.8, 4) is 0 Å². The number of hydrogen-bond acceptors (Lipinski definition) is 7. The van der Waals surface area contributed by atoms with E-state index < -0.39 is 0 Å². The number of ether oxygens (including phenoxy) is 1. The molecule has 0 radical (unpaired) electrons. The first-order valence-electron chi connectivity index (χ1n) is 9.64. The number of thioether (sulfide) groups is 1. The first kappa shape index (κ1) is 17.2. The average molecular weight is 385 g/mol. The molecule has 1 saturated carbocycles. The highest BCUT2D eigenvalue weighted by atomic mass is 32.2. The lowest BCUT2D eigenvalue weighted by molar-refractivity contribution is 0.182. The molecule has 5 rings (SSSR count). The second kappa shape index (κ2) is 7.24. The van der Waals surface area contributed by atoms with E-state index in [1.165, 1.54) is 19.3 Å². The largest absolute Gasteiger partial charge is 0.377 e. The first-order valence-corrected chi connectivity index (χ1v) is 10.8. The van der Waals surface area contributed by atoms with Crippen LogP contribution in [-0.4, -0.2) is 44.8 Å². The Kier molecular flexibility index (Phi) is 4.61. The summed E-state index contributed by atoms with van der Waals surface area (Å²) in [6, 6.07) is 3.48. The lowest BCUT2D eigenvalue weighted by Gasteiger charge is -2.25. The fourth-order valence-corrected chi connectivity index (χ4v) is 4.85. The van der Waals surface area contributed by atoms with Gasteiger partial charge in [0.25, 0.3) is 5.56 Å². The number of aromatic nitrogens is 4. The van der Waals surface area contributed by atoms with Crippen molar-refractivity contribution in [2.75, 3.05) is 24.3 Å². The average Bonchev–Trinajstić information content (AvgIpc) is 3.08. The maximum Gasteiger partial charge on any atom is 0.267 e. The van der Waals surface area contributed by atoms with Crippen molar-refractivity contribution in [1.29, 1.82) is 0 Å². The maximum absolute atomic E-state index is 12.6. The van der Waals surface area contributed by atoms with Gasteiger partial charge in [-0.15, -0.1) is 0 Å². The molecule has 0 aromatic carbocycles. The molecule has 2 atom stereocenters. The molecule has 2 fully saturated rings. The molecule has 1 N–H and O–H groups in total. The Balaban J connectivity index is 1.39. The quantitative estimate of drug-likeness (QED) is 0.863. The summed E-state index contributed by atoms with van der Waals surface area (Å²) in [6.07, 6.45) is 6.34. The minimum atomic E-state index is -0.125. The van der Waals surface area contributed by atoms with Crippen LogP contribution in [0.25, 0.3) is 0 Å². The lowest BCUT2D eigenvalue weighted by Crippen LogP contribution is -2.38. The standard InChI is InChI=1S/C19H23N5O2S/c25-18-8-13-11-27-7-5-14(13)23-24(18)16-10-26-9-15(16)21-17-4-6-20-19(22-17)12-2-1-3-12/h4,6,8,12,15-16H,1-3,5,7,9-11H2,(H,20,21,22). The molecule has 0 bridgehead atoms. The zero-order valence-corrected chi connectivity index (χ0v) is 16.0. The van der Waals surface area contributed by atoms with Gasteiger partial charge < -0.3 is 10.1 Å². The van der Waals surface area contributed by atoms with Crippen LogP contribution in [0.5, 0.6) is 0 Å². The van der Waals surface area contributed by atoms with Crippen molar-refractivity contribution in [2.45, 2.75) is 49.4 Å². The van der Waals surface area contributed by atoms with Crippen molar-refractivity contribution in [1.82, 2.24) is 19.7 Å². The van der Waals surface area contributed by atoms with Gasteiger partial charge in [-0.3, -0.25) is 4.79 Å². The van der Waals surface area contributed by atoms with Gasteiger partial charge in [-0.1, -0.05) is 6.42 Å². The highest BCUT2D eigenvalue weighted by Crippen LogP contribution is 2.34. The number of anilines is 1. The first-order chi connectivity index (χ1) is 13.3. The van der Waals surface area contributed by atoms with Gasteiger partial charge in [0.1, 0.15) is 17.7 Å². The molecule has 2 aromatic rings. The molecule has 2 aromatic heterocycles. The lowest BCUT2D eigenvalue weighted by atomic mass is 9.85. The number of nitrogens with one attached hydrogen (secondary N) is 1. The summed E-state index contributed by atoms with van der Waals surface area (Å²) in [7, 11) is 0. The normalized spacial score (nSPS) is 25.0. The Morgan fingerprint density at radius 1 is 1.30 bits per heavy atom. The number of fused-ring (bicyclic) bond motifs is 1. The third-order valence-corrected chi connectivity index (χ3v) is 6.71. The van der Waals surface area contributed by atoms with Crippen molar-refractivity contribution >= 4 is 17.6 Å². The van der Waals surface area contributed by atoms with Gasteiger partial charge in [-0.25, -0.2) is 14.6 Å². The van der Waals surface area contributed by atoms with Crippen LogP contribution in [0.4, 0.5) is 5.82 Å². The van der Waals surface area contributed by atoms with Crippen molar-refractivity contribution < 1.29 is 4.74 Å². The molecule has 0 amide bonds. The Bertz CT molecular complexity index is 898. The monoisotopic (exact) mass is 385 g/mol. The van der Waals surface area contributed by atoms with Crippen molar-refractivity contribution in [2.24, 2.45) is 0 Å². The minimum Gasteiger partial charge on any atom is -0.377 e. The Morgan fingerprint density at radius 3 is 3.07 bits per heavy atom. The topological polar surface area (TPSA) is 81.9 Å². The zero-order valence-electron chi connectivity index (χ0n) is 15.1. The van der Waals surface area contributed by atoms with E-state index in [4.69, 9.17) is 14.8 Å². The van der Waals surface area contributed by atoms with Crippen LogP contribution in [0.15, 0.2) is 23.1 Å². The molecule has 4 heterocycles. The summed E-state index contributed by atoms with van der Waals surface area (Å²) in [5.74, 6) is 4.15. The van der Waals surface area contributed by atoms with E-state index in [9.17, 15) is 4.79 Å². The molecule has 2 aliphatic heterocycles. The molecule has 8 heteroatoms. The molecule has 142 valence electrons. The Labute approximate surface area is 161 Å². The predicted molar refractivity (Wildman–Crippen MR) is 104 cm³/mol. The SMILES string of the molecule is O=c1cc2c(nn1C1COCC1Nc1ccnc(C3CCC3)n1)CCSC2. The Morgan fingerprint density at radius 2 is 2.22 bits per heavy atom. The van der Waals surface area contributed by atoms with Gasteiger partial charge in [0.2, 0.25) is 0 Å². The maximum atomic E-state index is 12.6. The van der Waals surface area contributed by atoms with E-state index >= 15 is 0 Å². The molecular formula is C19H23N5O2S. The van der Waals surface area contributed by atoms with E-state index in [-0.39, 0.29) is 17.6 Å². The summed E-state index contributed by atoms with van der Waals surface area (Å²) in [5, 5.41) is 8.15. The van der Waals surface area contributed by atoms with Crippen molar-refractivity contribution in [3.05, 3.63) is 45.8 Å².